The van der Waals surface area contributed by atoms with Crippen LogP contribution < -0.4 is 0 Å². The molecular formula is C38H78NO4S+. The zero-order valence-electron chi connectivity index (χ0n) is 30.1. The molecule has 264 valence electrons. The van der Waals surface area contributed by atoms with Gasteiger partial charge in [-0.25, -0.2) is 0 Å². The zero-order valence-corrected chi connectivity index (χ0v) is 30.9. The van der Waals surface area contributed by atoms with E-state index in [1.807, 2.05) is 0 Å². The van der Waals surface area contributed by atoms with Crippen molar-refractivity contribution in [2.24, 2.45) is 0 Å². The smallest absolute Gasteiger partial charge is 0.276 e. The molecule has 0 amide bonds. The van der Waals surface area contributed by atoms with E-state index in [0.717, 1.165) is 4.48 Å². The standard InChI is InChI=1S/C38H76N.H2O4S/c1-5-7-9-11-13-15-17-19-21-23-25-27-29-31-33-35-37-39(3,4)38-36-34-32-30-28-26-24-22-20-18-16-14-12-10-8-6-2;1-5(2,3)4/h35-38H,5-34H2,1-4H3;(H2,1,2,3,4)/q+1;. The van der Waals surface area contributed by atoms with Crippen LogP contribution in [0.25, 0.3) is 0 Å². The first-order valence-corrected chi connectivity index (χ1v) is 20.4. The highest BCUT2D eigenvalue weighted by Gasteiger charge is 2.05. The number of nitrogens with zero attached hydrogens (tertiary/aromatic N) is 1. The largest absolute Gasteiger partial charge is 0.394 e. The first-order chi connectivity index (χ1) is 21.1. The van der Waals surface area contributed by atoms with Gasteiger partial charge in [0.05, 0.1) is 26.5 Å². The Kier molecular flexibility index (Phi) is 36.3. The van der Waals surface area contributed by atoms with Crippen LogP contribution in [-0.4, -0.2) is 36.1 Å². The highest BCUT2D eigenvalue weighted by atomic mass is 32.3. The van der Waals surface area contributed by atoms with Crippen LogP contribution in [-0.2, 0) is 10.4 Å². The Morgan fingerprint density at radius 2 is 0.591 bits per heavy atom. The van der Waals surface area contributed by atoms with Crippen LogP contribution in [0.2, 0.25) is 0 Å². The molecule has 0 heterocycles. The molecule has 0 aliphatic heterocycles. The minimum Gasteiger partial charge on any atom is -0.276 e. The quantitative estimate of drug-likeness (QED) is 0.0434. The van der Waals surface area contributed by atoms with Crippen LogP contribution in [0, 0.1) is 0 Å². The second-order valence-electron chi connectivity index (χ2n) is 13.6. The molecule has 0 atom stereocenters. The van der Waals surface area contributed by atoms with Crippen LogP contribution in [0.1, 0.15) is 206 Å². The molecule has 0 aliphatic carbocycles. The maximum atomic E-state index is 8.74. The number of rotatable bonds is 32. The van der Waals surface area contributed by atoms with Crippen LogP contribution in [0.5, 0.6) is 0 Å². The highest BCUT2D eigenvalue weighted by molar-refractivity contribution is 7.79. The predicted molar refractivity (Wildman–Crippen MR) is 194 cm³/mol. The SMILES string of the molecule is CCCCCCCCCCCCCCCCC=C[N+](C)(C)C=CCCCCCCCCCCCCCCCC.O=S(=O)(O)O. The number of quaternary nitrogens is 1. The van der Waals surface area contributed by atoms with Crippen LogP contribution in [0.3, 0.4) is 0 Å². The van der Waals surface area contributed by atoms with Gasteiger partial charge in [-0.1, -0.05) is 181 Å². The van der Waals surface area contributed by atoms with Crippen LogP contribution in [0.4, 0.5) is 0 Å². The summed E-state index contributed by atoms with van der Waals surface area (Å²) in [5.41, 5.74) is 0. The molecule has 0 aromatic heterocycles. The van der Waals surface area contributed by atoms with Gasteiger partial charge in [-0.05, 0) is 37.8 Å². The summed E-state index contributed by atoms with van der Waals surface area (Å²) >= 11 is 0. The molecule has 0 saturated carbocycles. The van der Waals surface area contributed by atoms with E-state index in [4.69, 9.17) is 17.5 Å². The Morgan fingerprint density at radius 1 is 0.409 bits per heavy atom. The molecule has 0 unspecified atom stereocenters. The van der Waals surface area contributed by atoms with Crippen molar-refractivity contribution in [3.05, 3.63) is 24.6 Å². The molecule has 0 saturated heterocycles. The molecule has 0 rings (SSSR count). The van der Waals surface area contributed by atoms with E-state index in [0.29, 0.717) is 0 Å². The molecule has 0 bridgehead atoms. The van der Waals surface area contributed by atoms with Crippen molar-refractivity contribution in [3.63, 3.8) is 0 Å². The lowest BCUT2D eigenvalue weighted by Crippen LogP contribution is -2.25. The van der Waals surface area contributed by atoms with E-state index < -0.39 is 10.4 Å². The molecule has 0 aliphatic rings. The molecule has 44 heavy (non-hydrogen) atoms. The van der Waals surface area contributed by atoms with Crippen molar-refractivity contribution >= 4 is 10.4 Å². The molecule has 0 aromatic carbocycles. The Bertz CT molecular complexity index is 666. The third-order valence-corrected chi connectivity index (χ3v) is 8.43. The van der Waals surface area contributed by atoms with E-state index in [1.54, 1.807) is 0 Å². The summed E-state index contributed by atoms with van der Waals surface area (Å²) in [7, 11) is -0.0766. The summed E-state index contributed by atoms with van der Waals surface area (Å²) in [6.07, 6.45) is 52.4. The minimum absolute atomic E-state index is 0.886. The van der Waals surface area contributed by atoms with E-state index in [9.17, 15) is 0 Å². The van der Waals surface area contributed by atoms with Gasteiger partial charge >= 0.3 is 10.4 Å². The molecule has 2 N–H and O–H groups in total. The summed E-state index contributed by atoms with van der Waals surface area (Å²) in [5, 5.41) is 0. The molecule has 0 radical (unpaired) electrons. The van der Waals surface area contributed by atoms with Gasteiger partial charge in [0.25, 0.3) is 0 Å². The third kappa shape index (κ3) is 48.2. The highest BCUT2D eigenvalue weighted by Crippen LogP contribution is 2.15. The fourth-order valence-corrected chi connectivity index (χ4v) is 5.66. The van der Waals surface area contributed by atoms with Gasteiger partial charge in [-0.15, -0.1) is 0 Å². The number of hydrogen-bond donors (Lipinski definition) is 2. The van der Waals surface area contributed by atoms with E-state index in [2.05, 4.69) is 52.5 Å². The number of allylic oxidation sites excluding steroid dienone is 2. The Balaban J connectivity index is 0. The van der Waals surface area contributed by atoms with Crippen molar-refractivity contribution in [2.75, 3.05) is 14.1 Å². The molecule has 6 heteroatoms. The Labute approximate surface area is 276 Å². The molecular weight excluding hydrogens is 566 g/mol. The topological polar surface area (TPSA) is 74.6 Å². The van der Waals surface area contributed by atoms with Crippen molar-refractivity contribution in [3.8, 4) is 0 Å². The number of unbranched alkanes of at least 4 members (excludes halogenated alkanes) is 28. The van der Waals surface area contributed by atoms with Crippen molar-refractivity contribution in [1.29, 1.82) is 0 Å². The average molecular weight is 645 g/mol. The number of hydrogen-bond acceptors (Lipinski definition) is 2. The fourth-order valence-electron chi connectivity index (χ4n) is 5.66. The monoisotopic (exact) mass is 645 g/mol. The van der Waals surface area contributed by atoms with E-state index >= 15 is 0 Å². The average Bonchev–Trinajstić information content (AvgIpc) is 2.96. The fraction of sp³-hybridized carbons (Fsp3) is 0.895. The van der Waals surface area contributed by atoms with Gasteiger partial charge in [0.15, 0.2) is 0 Å². The summed E-state index contributed by atoms with van der Waals surface area (Å²) in [6.45, 7) is 4.61. The van der Waals surface area contributed by atoms with E-state index in [1.165, 1.54) is 193 Å². The summed E-state index contributed by atoms with van der Waals surface area (Å²) in [4.78, 5) is 0. The summed E-state index contributed by atoms with van der Waals surface area (Å²) < 4.78 is 32.5. The second-order valence-corrected chi connectivity index (χ2v) is 14.5. The van der Waals surface area contributed by atoms with Gasteiger partial charge in [-0.3, -0.25) is 13.6 Å². The lowest BCUT2D eigenvalue weighted by atomic mass is 10.0. The van der Waals surface area contributed by atoms with Crippen LogP contribution in [0.15, 0.2) is 24.6 Å². The predicted octanol–water partition coefficient (Wildman–Crippen LogP) is 13.2. The maximum absolute atomic E-state index is 8.74. The molecule has 5 nitrogen and oxygen atoms in total. The maximum Gasteiger partial charge on any atom is 0.394 e. The van der Waals surface area contributed by atoms with Crippen molar-refractivity contribution in [2.45, 2.75) is 206 Å². The zero-order chi connectivity index (χ0) is 33.0. The van der Waals surface area contributed by atoms with Gasteiger partial charge < -0.3 is 0 Å². The van der Waals surface area contributed by atoms with Gasteiger partial charge in [0.2, 0.25) is 0 Å². The third-order valence-electron chi connectivity index (χ3n) is 8.43. The Morgan fingerprint density at radius 3 is 0.795 bits per heavy atom. The lowest BCUT2D eigenvalue weighted by Gasteiger charge is -2.19. The van der Waals surface area contributed by atoms with Crippen molar-refractivity contribution < 1.29 is 22.0 Å². The molecule has 0 aromatic rings. The molecule has 0 fully saturated rings. The first-order valence-electron chi connectivity index (χ1n) is 19.0. The van der Waals surface area contributed by atoms with Gasteiger partial charge in [0.1, 0.15) is 0 Å². The molecule has 0 spiro atoms. The minimum atomic E-state index is -4.67. The first kappa shape index (κ1) is 45.4. The van der Waals surface area contributed by atoms with Gasteiger partial charge in [-0.2, -0.15) is 8.42 Å². The normalized spacial score (nSPS) is 12.3. The van der Waals surface area contributed by atoms with E-state index in [-0.39, 0.29) is 0 Å². The Hall–Kier alpha value is -0.690. The van der Waals surface area contributed by atoms with Gasteiger partial charge in [0, 0.05) is 0 Å². The van der Waals surface area contributed by atoms with Crippen LogP contribution >= 0.6 is 0 Å². The lowest BCUT2D eigenvalue weighted by molar-refractivity contribution is -0.784. The summed E-state index contributed by atoms with van der Waals surface area (Å²) in [5.74, 6) is 0. The summed E-state index contributed by atoms with van der Waals surface area (Å²) in [6, 6.07) is 0. The van der Waals surface area contributed by atoms with Crippen molar-refractivity contribution in [1.82, 2.24) is 0 Å². The second kappa shape index (κ2) is 35.2.